The van der Waals surface area contributed by atoms with Gasteiger partial charge in [0.2, 0.25) is 11.0 Å². The quantitative estimate of drug-likeness (QED) is 0.674. The average molecular weight is 387 g/mol. The number of piperazine rings is 1. The predicted octanol–water partition coefficient (Wildman–Crippen LogP) is 4.05. The third kappa shape index (κ3) is 5.28. The van der Waals surface area contributed by atoms with Crippen LogP contribution in [0, 0.1) is 6.92 Å². The Kier molecular flexibility index (Phi) is 6.83. The smallest absolute Gasteiger partial charge is 0.222 e. The molecule has 2 aromatic rings. The second-order valence-corrected chi connectivity index (χ2v) is 8.23. The van der Waals surface area contributed by atoms with E-state index in [1.54, 1.807) is 0 Å². The van der Waals surface area contributed by atoms with Crippen LogP contribution in [0.3, 0.4) is 0 Å². The Labute approximate surface area is 166 Å². The van der Waals surface area contributed by atoms with E-state index in [2.05, 4.69) is 54.3 Å². The second-order valence-electron chi connectivity index (χ2n) is 7.49. The van der Waals surface area contributed by atoms with Gasteiger partial charge in [0.05, 0.1) is 0 Å². The summed E-state index contributed by atoms with van der Waals surface area (Å²) in [6.45, 7) is 8.85. The fraction of sp³-hybridized carbons (Fsp3) is 0.571. The van der Waals surface area contributed by atoms with E-state index in [0.717, 1.165) is 56.3 Å². The Morgan fingerprint density at radius 1 is 1.22 bits per heavy atom. The van der Waals surface area contributed by atoms with Gasteiger partial charge < -0.3 is 9.80 Å². The first-order chi connectivity index (χ1) is 13.1. The first-order valence-electron chi connectivity index (χ1n) is 9.99. The maximum Gasteiger partial charge on any atom is 0.222 e. The van der Waals surface area contributed by atoms with Gasteiger partial charge in [0.1, 0.15) is 5.82 Å². The lowest BCUT2D eigenvalue weighted by molar-refractivity contribution is -0.133. The Morgan fingerprint density at radius 2 is 2.00 bits per heavy atom. The van der Waals surface area contributed by atoms with Gasteiger partial charge >= 0.3 is 0 Å². The summed E-state index contributed by atoms with van der Waals surface area (Å²) in [6, 6.07) is 8.75. The number of amides is 1. The zero-order valence-corrected chi connectivity index (χ0v) is 17.5. The number of carbonyl (C=O) groups is 1. The lowest BCUT2D eigenvalue weighted by atomic mass is 10.1. The molecule has 1 aliphatic rings. The zero-order valence-electron chi connectivity index (χ0n) is 16.6. The van der Waals surface area contributed by atoms with Gasteiger partial charge in [-0.15, -0.1) is 0 Å². The number of rotatable bonds is 7. The molecule has 1 saturated heterocycles. The normalized spacial score (nSPS) is 17.4. The van der Waals surface area contributed by atoms with Crippen LogP contribution >= 0.6 is 11.5 Å². The number of anilines is 1. The highest BCUT2D eigenvalue weighted by Gasteiger charge is 2.28. The summed E-state index contributed by atoms with van der Waals surface area (Å²) < 4.78 is 4.55. The Balaban J connectivity index is 1.55. The van der Waals surface area contributed by atoms with Gasteiger partial charge in [0.15, 0.2) is 0 Å². The van der Waals surface area contributed by atoms with Crippen LogP contribution < -0.4 is 4.90 Å². The summed E-state index contributed by atoms with van der Waals surface area (Å²) in [5, 5.41) is 0.974. The summed E-state index contributed by atoms with van der Waals surface area (Å²) >= 11 is 1.47. The van der Waals surface area contributed by atoms with Crippen LogP contribution in [0.1, 0.15) is 56.5 Å². The van der Waals surface area contributed by atoms with Crippen molar-refractivity contribution in [1.82, 2.24) is 14.3 Å². The van der Waals surface area contributed by atoms with Crippen LogP contribution in [0.15, 0.2) is 24.3 Å². The molecule has 1 aromatic heterocycles. The van der Waals surface area contributed by atoms with Gasteiger partial charge in [-0.25, -0.2) is 4.98 Å². The summed E-state index contributed by atoms with van der Waals surface area (Å²) in [4.78, 5) is 21.5. The molecule has 5 nitrogen and oxygen atoms in total. The van der Waals surface area contributed by atoms with Crippen molar-refractivity contribution in [3.63, 3.8) is 0 Å². The van der Waals surface area contributed by atoms with Gasteiger partial charge in [-0.05, 0) is 25.8 Å². The molecule has 27 heavy (non-hydrogen) atoms. The molecule has 0 bridgehead atoms. The molecule has 0 saturated carbocycles. The second kappa shape index (κ2) is 9.31. The first kappa shape index (κ1) is 19.8. The number of nitrogens with zero attached hydrogens (tertiary/aromatic N) is 4. The van der Waals surface area contributed by atoms with Gasteiger partial charge in [0, 0.05) is 50.1 Å². The van der Waals surface area contributed by atoms with Crippen molar-refractivity contribution < 1.29 is 4.79 Å². The molecule has 146 valence electrons. The van der Waals surface area contributed by atoms with Crippen molar-refractivity contribution in [2.45, 2.75) is 58.9 Å². The molecule has 1 fully saturated rings. The molecular formula is C21H30N4OS. The van der Waals surface area contributed by atoms with E-state index >= 15 is 0 Å². The van der Waals surface area contributed by atoms with E-state index < -0.39 is 0 Å². The van der Waals surface area contributed by atoms with Gasteiger partial charge in [0.25, 0.3) is 0 Å². The van der Waals surface area contributed by atoms with E-state index in [1.165, 1.54) is 22.7 Å². The molecule has 1 aliphatic heterocycles. The minimum absolute atomic E-state index is 0.220. The molecule has 2 heterocycles. The fourth-order valence-corrected chi connectivity index (χ4v) is 4.23. The molecule has 0 aliphatic carbocycles. The average Bonchev–Trinajstić information content (AvgIpc) is 3.12. The largest absolute Gasteiger partial charge is 0.343 e. The minimum atomic E-state index is 0.220. The monoisotopic (exact) mass is 386 g/mol. The lowest BCUT2D eigenvalue weighted by Crippen LogP contribution is -2.54. The molecule has 1 atom stereocenters. The van der Waals surface area contributed by atoms with Crippen molar-refractivity contribution in [1.29, 1.82) is 0 Å². The number of hydrogen-bond acceptors (Lipinski definition) is 5. The maximum atomic E-state index is 12.4. The van der Waals surface area contributed by atoms with E-state index in [0.29, 0.717) is 12.3 Å². The maximum absolute atomic E-state index is 12.4. The number of hydrogen-bond donors (Lipinski definition) is 0. The SMILES string of the molecule is CCCCCC(=O)N1CCN(c2nc(Cc3ccc(C)cc3)ns2)C[C@@H]1C. The van der Waals surface area contributed by atoms with Crippen molar-refractivity contribution in [3.05, 3.63) is 41.2 Å². The van der Waals surface area contributed by atoms with Crippen molar-refractivity contribution >= 4 is 22.6 Å². The molecule has 0 N–H and O–H groups in total. The number of carbonyl (C=O) groups excluding carboxylic acids is 1. The Bertz CT molecular complexity index is 743. The third-order valence-electron chi connectivity index (χ3n) is 5.15. The topological polar surface area (TPSA) is 49.3 Å². The molecule has 0 unspecified atom stereocenters. The summed E-state index contributed by atoms with van der Waals surface area (Å²) in [5.74, 6) is 1.18. The van der Waals surface area contributed by atoms with Crippen LogP contribution in [-0.4, -0.2) is 45.8 Å². The van der Waals surface area contributed by atoms with Crippen LogP contribution in [0.2, 0.25) is 0 Å². The minimum Gasteiger partial charge on any atom is -0.343 e. The third-order valence-corrected chi connectivity index (χ3v) is 5.97. The number of unbranched alkanes of at least 4 members (excludes halogenated alkanes) is 2. The van der Waals surface area contributed by atoms with Crippen LogP contribution in [0.25, 0.3) is 0 Å². The van der Waals surface area contributed by atoms with Crippen LogP contribution in [0.4, 0.5) is 5.13 Å². The molecule has 3 rings (SSSR count). The predicted molar refractivity (Wildman–Crippen MR) is 111 cm³/mol. The molecule has 1 aromatic carbocycles. The first-order valence-corrected chi connectivity index (χ1v) is 10.8. The fourth-order valence-electron chi connectivity index (χ4n) is 3.51. The van der Waals surface area contributed by atoms with Crippen molar-refractivity contribution in [3.8, 4) is 0 Å². The van der Waals surface area contributed by atoms with E-state index in [1.807, 2.05) is 4.90 Å². The highest BCUT2D eigenvalue weighted by molar-refractivity contribution is 7.09. The summed E-state index contributed by atoms with van der Waals surface area (Å²) in [5.41, 5.74) is 2.50. The van der Waals surface area contributed by atoms with Crippen LogP contribution in [-0.2, 0) is 11.2 Å². The van der Waals surface area contributed by atoms with Gasteiger partial charge in [-0.1, -0.05) is 49.6 Å². The standard InChI is InChI=1S/C21H30N4OS/c1-4-5-6-7-20(26)25-13-12-24(15-17(25)3)21-22-19(23-27-21)14-18-10-8-16(2)9-11-18/h8-11,17H,4-7,12-15H2,1-3H3/t17-/m0/s1. The highest BCUT2D eigenvalue weighted by Crippen LogP contribution is 2.23. The van der Waals surface area contributed by atoms with Crippen LogP contribution in [0.5, 0.6) is 0 Å². The molecule has 6 heteroatoms. The van der Waals surface area contributed by atoms with E-state index in [-0.39, 0.29) is 6.04 Å². The Hall–Kier alpha value is -1.95. The number of aryl methyl sites for hydroxylation is 1. The number of benzene rings is 1. The highest BCUT2D eigenvalue weighted by atomic mass is 32.1. The number of aromatic nitrogens is 2. The van der Waals surface area contributed by atoms with Crippen molar-refractivity contribution in [2.24, 2.45) is 0 Å². The van der Waals surface area contributed by atoms with Gasteiger partial charge in [-0.3, -0.25) is 4.79 Å². The zero-order chi connectivity index (χ0) is 19.2. The summed E-state index contributed by atoms with van der Waals surface area (Å²) in [6.07, 6.45) is 4.73. The summed E-state index contributed by atoms with van der Waals surface area (Å²) in [7, 11) is 0. The van der Waals surface area contributed by atoms with Gasteiger partial charge in [-0.2, -0.15) is 4.37 Å². The molecular weight excluding hydrogens is 356 g/mol. The molecule has 1 amide bonds. The lowest BCUT2D eigenvalue weighted by Gasteiger charge is -2.39. The molecule has 0 radical (unpaired) electrons. The van der Waals surface area contributed by atoms with E-state index in [4.69, 9.17) is 4.98 Å². The van der Waals surface area contributed by atoms with E-state index in [9.17, 15) is 4.79 Å². The Morgan fingerprint density at radius 3 is 2.70 bits per heavy atom. The molecule has 0 spiro atoms. The van der Waals surface area contributed by atoms with Crippen molar-refractivity contribution in [2.75, 3.05) is 24.5 Å².